The first-order valence-electron chi connectivity index (χ1n) is 11.9. The van der Waals surface area contributed by atoms with Crippen LogP contribution in [0.1, 0.15) is 33.8 Å². The molecule has 0 atom stereocenters. The van der Waals surface area contributed by atoms with Gasteiger partial charge in [-0.2, -0.15) is 0 Å². The number of thiazole rings is 1. The number of aromatic amines is 1. The van der Waals surface area contributed by atoms with Crippen LogP contribution in [-0.2, 0) is 6.42 Å². The lowest BCUT2D eigenvalue weighted by atomic mass is 10.0. The van der Waals surface area contributed by atoms with Crippen LogP contribution in [0.4, 0.5) is 8.78 Å². The number of halogens is 2. The maximum Gasteiger partial charge on any atom is 0.251 e. The third-order valence-corrected chi connectivity index (χ3v) is 7.39. The lowest BCUT2D eigenvalue weighted by molar-refractivity contribution is 0.0911. The second-order valence-corrected chi connectivity index (χ2v) is 10.2. The number of aryl methyl sites for hydroxylation is 1. The van der Waals surface area contributed by atoms with Crippen LogP contribution in [0.3, 0.4) is 0 Å². The molecule has 2 aromatic carbocycles. The van der Waals surface area contributed by atoms with E-state index in [-0.39, 0.29) is 28.4 Å². The van der Waals surface area contributed by atoms with Gasteiger partial charge in [-0.25, -0.2) is 13.8 Å². The number of benzene rings is 2. The molecule has 1 aliphatic heterocycles. The SMILES string of the molecule is Cc1nc(-c2cccc(C(=O)NC3CCN(CCc4cc5c(F)cc(F)cc5[nH]c4=O)CC3)c2)cs1. The van der Waals surface area contributed by atoms with Crippen LogP contribution in [-0.4, -0.2) is 46.5 Å². The first kappa shape index (κ1) is 24.3. The minimum Gasteiger partial charge on any atom is -0.349 e. The van der Waals surface area contributed by atoms with Crippen LogP contribution in [0.15, 0.2) is 52.6 Å². The summed E-state index contributed by atoms with van der Waals surface area (Å²) in [5.41, 5.74) is 2.72. The first-order valence-corrected chi connectivity index (χ1v) is 12.8. The summed E-state index contributed by atoms with van der Waals surface area (Å²) in [6.07, 6.45) is 2.07. The normalized spacial score (nSPS) is 14.9. The van der Waals surface area contributed by atoms with Gasteiger partial charge in [0.2, 0.25) is 0 Å². The number of carbonyl (C=O) groups excluding carboxylic acids is 1. The van der Waals surface area contributed by atoms with Gasteiger partial charge < -0.3 is 15.2 Å². The van der Waals surface area contributed by atoms with Crippen molar-refractivity contribution in [2.45, 2.75) is 32.2 Å². The molecule has 1 saturated heterocycles. The Hall–Kier alpha value is -3.43. The van der Waals surface area contributed by atoms with Gasteiger partial charge in [0.1, 0.15) is 11.6 Å². The van der Waals surface area contributed by atoms with Crippen LogP contribution >= 0.6 is 11.3 Å². The fraction of sp³-hybridized carbons (Fsp3) is 0.296. The highest BCUT2D eigenvalue weighted by Crippen LogP contribution is 2.23. The zero-order valence-electron chi connectivity index (χ0n) is 19.8. The minimum atomic E-state index is -0.722. The summed E-state index contributed by atoms with van der Waals surface area (Å²) in [7, 11) is 0. The Bertz CT molecular complexity index is 1470. The Balaban J connectivity index is 1.15. The first-order chi connectivity index (χ1) is 17.4. The van der Waals surface area contributed by atoms with Crippen molar-refractivity contribution in [3.8, 4) is 11.3 Å². The molecule has 0 spiro atoms. The number of fused-ring (bicyclic) bond motifs is 1. The average molecular weight is 509 g/mol. The van der Waals surface area contributed by atoms with Crippen LogP contribution in [0.25, 0.3) is 22.2 Å². The maximum absolute atomic E-state index is 14.1. The average Bonchev–Trinajstić information content (AvgIpc) is 3.30. The molecule has 186 valence electrons. The fourth-order valence-corrected chi connectivity index (χ4v) is 5.25. The molecule has 3 heterocycles. The summed E-state index contributed by atoms with van der Waals surface area (Å²) in [4.78, 5) is 34.6. The molecule has 5 rings (SSSR count). The van der Waals surface area contributed by atoms with Gasteiger partial charge in [-0.05, 0) is 50.5 Å². The molecule has 0 saturated carbocycles. The van der Waals surface area contributed by atoms with Crippen LogP contribution in [0.2, 0.25) is 0 Å². The van der Waals surface area contributed by atoms with Crippen molar-refractivity contribution in [2.75, 3.05) is 19.6 Å². The lowest BCUT2D eigenvalue weighted by Crippen LogP contribution is -2.45. The predicted molar refractivity (Wildman–Crippen MR) is 137 cm³/mol. The van der Waals surface area contributed by atoms with E-state index in [0.717, 1.165) is 54.3 Å². The number of nitrogens with zero attached hydrogens (tertiary/aromatic N) is 2. The summed E-state index contributed by atoms with van der Waals surface area (Å²) in [5.74, 6) is -1.50. The number of aromatic nitrogens is 2. The van der Waals surface area contributed by atoms with E-state index in [4.69, 9.17) is 0 Å². The van der Waals surface area contributed by atoms with Crippen molar-refractivity contribution in [3.05, 3.63) is 86.0 Å². The van der Waals surface area contributed by atoms with Crippen molar-refractivity contribution in [1.82, 2.24) is 20.2 Å². The zero-order valence-corrected chi connectivity index (χ0v) is 20.6. The molecule has 2 aromatic heterocycles. The second-order valence-electron chi connectivity index (χ2n) is 9.14. The van der Waals surface area contributed by atoms with Crippen LogP contribution < -0.4 is 10.9 Å². The molecular formula is C27H26F2N4O2S. The van der Waals surface area contributed by atoms with Crippen molar-refractivity contribution in [2.24, 2.45) is 0 Å². The third kappa shape index (κ3) is 5.37. The number of nitrogens with one attached hydrogen (secondary N) is 2. The number of piperidine rings is 1. The third-order valence-electron chi connectivity index (χ3n) is 6.61. The summed E-state index contributed by atoms with van der Waals surface area (Å²) < 4.78 is 27.5. The summed E-state index contributed by atoms with van der Waals surface area (Å²) >= 11 is 1.58. The van der Waals surface area contributed by atoms with Crippen molar-refractivity contribution in [1.29, 1.82) is 0 Å². The van der Waals surface area contributed by atoms with E-state index in [0.29, 0.717) is 24.1 Å². The van der Waals surface area contributed by atoms with E-state index in [1.54, 1.807) is 11.3 Å². The van der Waals surface area contributed by atoms with Crippen LogP contribution in [0, 0.1) is 18.6 Å². The fourth-order valence-electron chi connectivity index (χ4n) is 4.63. The van der Waals surface area contributed by atoms with Crippen LogP contribution in [0.5, 0.6) is 0 Å². The topological polar surface area (TPSA) is 78.1 Å². The summed E-state index contributed by atoms with van der Waals surface area (Å²) in [6, 6.07) is 11.0. The van der Waals surface area contributed by atoms with Crippen molar-refractivity contribution in [3.63, 3.8) is 0 Å². The molecule has 4 aromatic rings. The summed E-state index contributed by atoms with van der Waals surface area (Å²) in [6.45, 7) is 4.18. The van der Waals surface area contributed by atoms with Gasteiger partial charge in [0.15, 0.2) is 0 Å². The molecule has 0 bridgehead atoms. The van der Waals surface area contributed by atoms with Crippen molar-refractivity contribution < 1.29 is 13.6 Å². The van der Waals surface area contributed by atoms with Gasteiger partial charge in [-0.1, -0.05) is 12.1 Å². The van der Waals surface area contributed by atoms with Gasteiger partial charge in [0.25, 0.3) is 11.5 Å². The predicted octanol–water partition coefficient (Wildman–Crippen LogP) is 4.68. The Morgan fingerprint density at radius 1 is 1.19 bits per heavy atom. The number of hydrogen-bond acceptors (Lipinski definition) is 5. The van der Waals surface area contributed by atoms with E-state index < -0.39 is 11.6 Å². The molecule has 36 heavy (non-hydrogen) atoms. The standard InChI is InChI=1S/C27H26F2N4O2S/c1-16-30-25(15-36-16)17-3-2-4-18(11-17)26(34)31-21-6-9-33(10-7-21)8-5-19-12-22-23(29)13-20(28)14-24(22)32-27(19)35/h2-4,11-15,21H,5-10H2,1H3,(H,31,34)(H,32,35). The monoisotopic (exact) mass is 508 g/mol. The van der Waals surface area contributed by atoms with Gasteiger partial charge in [-0.3, -0.25) is 9.59 Å². The molecule has 0 radical (unpaired) electrons. The number of pyridine rings is 1. The molecule has 1 aliphatic rings. The smallest absolute Gasteiger partial charge is 0.251 e. The second kappa shape index (κ2) is 10.3. The lowest BCUT2D eigenvalue weighted by Gasteiger charge is -2.32. The molecule has 0 unspecified atom stereocenters. The van der Waals surface area contributed by atoms with Gasteiger partial charge in [0.05, 0.1) is 16.2 Å². The Morgan fingerprint density at radius 2 is 2.00 bits per heavy atom. The quantitative estimate of drug-likeness (QED) is 0.397. The molecular weight excluding hydrogens is 482 g/mol. The Morgan fingerprint density at radius 3 is 2.75 bits per heavy atom. The molecule has 1 amide bonds. The number of carbonyl (C=O) groups is 1. The van der Waals surface area contributed by atoms with E-state index in [1.165, 1.54) is 6.07 Å². The van der Waals surface area contributed by atoms with E-state index >= 15 is 0 Å². The minimum absolute atomic E-state index is 0.0759. The zero-order chi connectivity index (χ0) is 25.2. The Labute approximate surface area is 211 Å². The van der Waals surface area contributed by atoms with Crippen molar-refractivity contribution >= 4 is 28.1 Å². The number of likely N-dealkylation sites (tertiary alicyclic amines) is 1. The highest BCUT2D eigenvalue weighted by Gasteiger charge is 2.22. The number of amides is 1. The van der Waals surface area contributed by atoms with Gasteiger partial charge in [0, 0.05) is 59.2 Å². The number of H-pyrrole nitrogens is 1. The molecule has 2 N–H and O–H groups in total. The van der Waals surface area contributed by atoms with Gasteiger partial charge in [-0.15, -0.1) is 11.3 Å². The highest BCUT2D eigenvalue weighted by molar-refractivity contribution is 7.09. The van der Waals surface area contributed by atoms with E-state index in [9.17, 15) is 18.4 Å². The highest BCUT2D eigenvalue weighted by atomic mass is 32.1. The maximum atomic E-state index is 14.1. The van der Waals surface area contributed by atoms with Gasteiger partial charge >= 0.3 is 0 Å². The number of hydrogen-bond donors (Lipinski definition) is 2. The molecule has 1 fully saturated rings. The summed E-state index contributed by atoms with van der Waals surface area (Å²) in [5, 5.41) is 6.33. The molecule has 0 aliphatic carbocycles. The van der Waals surface area contributed by atoms with E-state index in [2.05, 4.69) is 20.2 Å². The largest absolute Gasteiger partial charge is 0.349 e. The Kier molecular flexibility index (Phi) is 6.93. The number of rotatable bonds is 6. The van der Waals surface area contributed by atoms with E-state index in [1.807, 2.05) is 36.6 Å². The molecule has 6 nitrogen and oxygen atoms in total. The molecule has 9 heteroatoms.